The number of rotatable bonds is 8. The normalized spacial score (nSPS) is 11.3. The van der Waals surface area contributed by atoms with Crippen LogP contribution in [0.2, 0.25) is 0 Å². The van der Waals surface area contributed by atoms with E-state index in [1.165, 1.54) is 0 Å². The van der Waals surface area contributed by atoms with Gasteiger partial charge in [0.05, 0.1) is 0 Å². The summed E-state index contributed by atoms with van der Waals surface area (Å²) in [7, 11) is 0. The highest BCUT2D eigenvalue weighted by Gasteiger charge is 2.22. The Balaban J connectivity index is 1.59. The molecule has 0 saturated carbocycles. The minimum atomic E-state index is -0.416. The molecule has 4 rings (SSSR count). The molecule has 0 aliphatic heterocycles. The van der Waals surface area contributed by atoms with E-state index in [2.05, 4.69) is 48.5 Å². The second-order valence-corrected chi connectivity index (χ2v) is 7.24. The van der Waals surface area contributed by atoms with E-state index >= 15 is 0 Å². The smallest absolute Gasteiger partial charge is 0.157 e. The Kier molecular flexibility index (Phi) is 6.71. The summed E-state index contributed by atoms with van der Waals surface area (Å²) in [4.78, 5) is 0. The molecule has 0 radical (unpaired) electrons. The molecule has 0 atom stereocenters. The van der Waals surface area contributed by atoms with Crippen molar-refractivity contribution in [3.8, 4) is 0 Å². The van der Waals surface area contributed by atoms with Gasteiger partial charge in [-0.15, -0.1) is 0 Å². The maximum Gasteiger partial charge on any atom is 0.157 e. The molecule has 4 aromatic carbocycles. The van der Waals surface area contributed by atoms with Gasteiger partial charge in [0.15, 0.2) is 6.29 Å². The summed E-state index contributed by atoms with van der Waals surface area (Å²) < 4.78 is 12.9. The van der Waals surface area contributed by atoms with Gasteiger partial charge in [-0.3, -0.25) is 0 Å². The summed E-state index contributed by atoms with van der Waals surface area (Å²) in [6.45, 7) is 1.97. The Morgan fingerprint density at radius 1 is 0.400 bits per heavy atom. The third-order valence-electron chi connectivity index (χ3n) is 5.06. The van der Waals surface area contributed by atoms with Gasteiger partial charge >= 0.3 is 0 Å². The molecule has 0 N–H and O–H groups in total. The highest BCUT2D eigenvalue weighted by Crippen LogP contribution is 2.31. The van der Waals surface area contributed by atoms with Crippen molar-refractivity contribution in [2.75, 3.05) is 0 Å². The number of hydrogen-bond donors (Lipinski definition) is 0. The predicted octanol–water partition coefficient (Wildman–Crippen LogP) is 6.94. The minimum absolute atomic E-state index is 0.199. The molecule has 0 aromatic heterocycles. The van der Waals surface area contributed by atoms with Crippen LogP contribution >= 0.6 is 0 Å². The van der Waals surface area contributed by atoms with Crippen LogP contribution in [0.15, 0.2) is 121 Å². The fraction of sp³-hybridized carbons (Fsp3) is 0.143. The van der Waals surface area contributed by atoms with Crippen molar-refractivity contribution in [2.45, 2.75) is 25.4 Å². The summed E-state index contributed by atoms with van der Waals surface area (Å²) in [5.74, 6) is 0. The van der Waals surface area contributed by atoms with Crippen LogP contribution in [-0.4, -0.2) is 6.29 Å². The Hall–Kier alpha value is -3.20. The average Bonchev–Trinajstić information content (AvgIpc) is 2.83. The lowest BCUT2D eigenvalue weighted by molar-refractivity contribution is -0.171. The number of ether oxygens (including phenoxy) is 2. The Labute approximate surface area is 178 Å². The van der Waals surface area contributed by atoms with Crippen molar-refractivity contribution < 1.29 is 9.47 Å². The first-order chi connectivity index (χ1) is 14.8. The second-order valence-electron chi connectivity index (χ2n) is 7.24. The van der Waals surface area contributed by atoms with Gasteiger partial charge < -0.3 is 9.47 Å². The van der Waals surface area contributed by atoms with Crippen LogP contribution in [0, 0.1) is 0 Å². The zero-order valence-corrected chi connectivity index (χ0v) is 17.1. The number of benzene rings is 4. The van der Waals surface area contributed by atoms with Crippen LogP contribution < -0.4 is 0 Å². The fourth-order valence-corrected chi connectivity index (χ4v) is 3.63. The topological polar surface area (TPSA) is 18.5 Å². The average molecular weight is 395 g/mol. The quantitative estimate of drug-likeness (QED) is 0.301. The minimum Gasteiger partial charge on any atom is -0.340 e. The van der Waals surface area contributed by atoms with Gasteiger partial charge in [0, 0.05) is 0 Å². The molecule has 30 heavy (non-hydrogen) atoms. The molecule has 0 amide bonds. The monoisotopic (exact) mass is 394 g/mol. The standard InChI is InChI=1S/C28H26O2/c1-22(29-27(23-14-6-2-7-15-23)24-16-8-3-9-17-24)30-28(25-18-10-4-11-19-25)26-20-12-5-13-21-26/h2-22,27-28H,1H3. The number of hydrogen-bond acceptors (Lipinski definition) is 2. The molecule has 150 valence electrons. The molecule has 0 bridgehead atoms. The molecular formula is C28H26O2. The molecule has 0 fully saturated rings. The van der Waals surface area contributed by atoms with Crippen molar-refractivity contribution in [2.24, 2.45) is 0 Å². The largest absolute Gasteiger partial charge is 0.340 e. The Bertz CT molecular complexity index is 837. The van der Waals surface area contributed by atoms with E-state index in [0.29, 0.717) is 0 Å². The molecule has 0 spiro atoms. The summed E-state index contributed by atoms with van der Waals surface area (Å²) >= 11 is 0. The highest BCUT2D eigenvalue weighted by molar-refractivity contribution is 5.31. The van der Waals surface area contributed by atoms with Gasteiger partial charge in [-0.05, 0) is 29.2 Å². The Morgan fingerprint density at radius 3 is 0.867 bits per heavy atom. The van der Waals surface area contributed by atoms with E-state index < -0.39 is 6.29 Å². The third kappa shape index (κ3) is 5.04. The van der Waals surface area contributed by atoms with E-state index in [-0.39, 0.29) is 12.2 Å². The van der Waals surface area contributed by atoms with Gasteiger partial charge in [-0.2, -0.15) is 0 Å². The predicted molar refractivity (Wildman–Crippen MR) is 121 cm³/mol. The van der Waals surface area contributed by atoms with Gasteiger partial charge in [-0.25, -0.2) is 0 Å². The molecular weight excluding hydrogens is 368 g/mol. The summed E-state index contributed by atoms with van der Waals surface area (Å²) in [6.07, 6.45) is -0.815. The molecule has 0 aliphatic rings. The van der Waals surface area contributed by atoms with Crippen LogP contribution in [0.3, 0.4) is 0 Å². The molecule has 4 aromatic rings. The van der Waals surface area contributed by atoms with Crippen molar-refractivity contribution in [1.82, 2.24) is 0 Å². The third-order valence-corrected chi connectivity index (χ3v) is 5.06. The van der Waals surface area contributed by atoms with Gasteiger partial charge in [0.2, 0.25) is 0 Å². The first-order valence-electron chi connectivity index (χ1n) is 10.3. The molecule has 0 heterocycles. The molecule has 0 saturated heterocycles. The lowest BCUT2D eigenvalue weighted by Crippen LogP contribution is -2.21. The maximum absolute atomic E-state index is 6.47. The van der Waals surface area contributed by atoms with Crippen LogP contribution in [0.1, 0.15) is 41.4 Å². The maximum atomic E-state index is 6.47. The van der Waals surface area contributed by atoms with E-state index in [1.54, 1.807) is 0 Å². The zero-order chi connectivity index (χ0) is 20.6. The van der Waals surface area contributed by atoms with Gasteiger partial charge in [0.1, 0.15) is 12.2 Å². The highest BCUT2D eigenvalue weighted by atomic mass is 16.7. The molecule has 2 heteroatoms. The zero-order valence-electron chi connectivity index (χ0n) is 17.1. The first kappa shape index (κ1) is 20.1. The van der Waals surface area contributed by atoms with Crippen molar-refractivity contribution in [1.29, 1.82) is 0 Å². The van der Waals surface area contributed by atoms with Crippen LogP contribution in [-0.2, 0) is 9.47 Å². The molecule has 0 aliphatic carbocycles. The lowest BCUT2D eigenvalue weighted by atomic mass is 10.0. The van der Waals surface area contributed by atoms with E-state index in [1.807, 2.05) is 79.7 Å². The van der Waals surface area contributed by atoms with E-state index in [4.69, 9.17) is 9.47 Å². The lowest BCUT2D eigenvalue weighted by Gasteiger charge is -2.27. The Morgan fingerprint density at radius 2 is 0.633 bits per heavy atom. The first-order valence-corrected chi connectivity index (χ1v) is 10.3. The summed E-state index contributed by atoms with van der Waals surface area (Å²) in [5.41, 5.74) is 4.43. The fourth-order valence-electron chi connectivity index (χ4n) is 3.63. The van der Waals surface area contributed by atoms with E-state index in [9.17, 15) is 0 Å². The van der Waals surface area contributed by atoms with Crippen LogP contribution in [0.25, 0.3) is 0 Å². The van der Waals surface area contributed by atoms with Crippen LogP contribution in [0.5, 0.6) is 0 Å². The van der Waals surface area contributed by atoms with Crippen LogP contribution in [0.4, 0.5) is 0 Å². The van der Waals surface area contributed by atoms with Crippen molar-refractivity contribution >= 4 is 0 Å². The van der Waals surface area contributed by atoms with E-state index in [0.717, 1.165) is 22.3 Å². The SMILES string of the molecule is CC(OC(c1ccccc1)c1ccccc1)OC(c1ccccc1)c1ccccc1. The van der Waals surface area contributed by atoms with Gasteiger partial charge in [-0.1, -0.05) is 121 Å². The van der Waals surface area contributed by atoms with Crippen molar-refractivity contribution in [3.63, 3.8) is 0 Å². The van der Waals surface area contributed by atoms with Crippen molar-refractivity contribution in [3.05, 3.63) is 144 Å². The summed E-state index contributed by atoms with van der Waals surface area (Å²) in [6, 6.07) is 41.1. The molecule has 0 unspecified atom stereocenters. The van der Waals surface area contributed by atoms with Gasteiger partial charge in [0.25, 0.3) is 0 Å². The molecule has 2 nitrogen and oxygen atoms in total. The summed E-state index contributed by atoms with van der Waals surface area (Å²) in [5, 5.41) is 0. The second kappa shape index (κ2) is 10.0.